The molecule has 188 valence electrons. The van der Waals surface area contributed by atoms with Crippen molar-refractivity contribution in [3.05, 3.63) is 53.1 Å². The Morgan fingerprint density at radius 3 is 2.60 bits per heavy atom. The molecule has 35 heavy (non-hydrogen) atoms. The van der Waals surface area contributed by atoms with Crippen LogP contribution in [0.25, 0.3) is 11.1 Å². The van der Waals surface area contributed by atoms with Gasteiger partial charge in [0.25, 0.3) is 0 Å². The molecule has 3 heterocycles. The van der Waals surface area contributed by atoms with Gasteiger partial charge in [0.2, 0.25) is 0 Å². The molecule has 3 aliphatic heterocycles. The highest BCUT2D eigenvalue weighted by molar-refractivity contribution is 5.74. The second-order valence-electron chi connectivity index (χ2n) is 11.9. The van der Waals surface area contributed by atoms with Gasteiger partial charge in [0.05, 0.1) is 13.2 Å². The number of amides is 1. The van der Waals surface area contributed by atoms with Gasteiger partial charge in [-0.3, -0.25) is 4.90 Å². The van der Waals surface area contributed by atoms with E-state index in [1.165, 1.54) is 16.7 Å². The number of benzene rings is 2. The minimum absolute atomic E-state index is 0.0107. The molecule has 0 spiro atoms. The Bertz CT molecular complexity index is 1090. The van der Waals surface area contributed by atoms with E-state index < -0.39 is 0 Å². The molecule has 1 N–H and O–H groups in total. The number of hydrogen-bond acceptors (Lipinski definition) is 4. The zero-order chi connectivity index (χ0) is 24.7. The fraction of sp³-hybridized carbons (Fsp3) is 0.567. The summed E-state index contributed by atoms with van der Waals surface area (Å²) in [6, 6.07) is 13.1. The van der Waals surface area contributed by atoms with Crippen LogP contribution < -0.4 is 10.1 Å². The van der Waals surface area contributed by atoms with Crippen LogP contribution in [0.3, 0.4) is 0 Å². The summed E-state index contributed by atoms with van der Waals surface area (Å²) in [6.07, 6.45) is 3.94. The van der Waals surface area contributed by atoms with E-state index in [1.807, 2.05) is 0 Å². The normalized spacial score (nSPS) is 26.5. The van der Waals surface area contributed by atoms with E-state index in [-0.39, 0.29) is 23.7 Å². The lowest BCUT2D eigenvalue weighted by atomic mass is 9.85. The van der Waals surface area contributed by atoms with Crippen LogP contribution in [0.4, 0.5) is 4.79 Å². The molecule has 2 aromatic carbocycles. The smallest absolute Gasteiger partial charge is 0.407 e. The predicted octanol–water partition coefficient (Wildman–Crippen LogP) is 6.00. The second kappa shape index (κ2) is 9.50. The summed E-state index contributed by atoms with van der Waals surface area (Å²) in [5.41, 5.74) is 5.94. The zero-order valence-electron chi connectivity index (χ0n) is 21.9. The van der Waals surface area contributed by atoms with Gasteiger partial charge in [-0.1, -0.05) is 52.0 Å². The van der Waals surface area contributed by atoms with Crippen LogP contribution in [0.5, 0.6) is 5.75 Å². The molecule has 5 heteroatoms. The topological polar surface area (TPSA) is 50.8 Å². The predicted molar refractivity (Wildman–Crippen MR) is 140 cm³/mol. The maximum absolute atomic E-state index is 13.0. The van der Waals surface area contributed by atoms with Crippen LogP contribution in [-0.2, 0) is 17.6 Å². The van der Waals surface area contributed by atoms with Crippen LogP contribution in [0.15, 0.2) is 36.4 Å². The number of methoxy groups -OCH3 is 1. The number of nitrogens with zero attached hydrogens (tertiary/aromatic N) is 1. The summed E-state index contributed by atoms with van der Waals surface area (Å²) in [4.78, 5) is 15.4. The monoisotopic (exact) mass is 476 g/mol. The third-order valence-corrected chi connectivity index (χ3v) is 8.20. The highest BCUT2D eigenvalue weighted by Gasteiger charge is 2.42. The fourth-order valence-electron chi connectivity index (χ4n) is 6.41. The molecule has 1 unspecified atom stereocenters. The molecule has 3 fully saturated rings. The summed E-state index contributed by atoms with van der Waals surface area (Å²) >= 11 is 0. The van der Waals surface area contributed by atoms with Crippen molar-refractivity contribution in [3.63, 3.8) is 0 Å². The Hall–Kier alpha value is -2.53. The van der Waals surface area contributed by atoms with Gasteiger partial charge >= 0.3 is 6.09 Å². The lowest BCUT2D eigenvalue weighted by Crippen LogP contribution is -2.53. The summed E-state index contributed by atoms with van der Waals surface area (Å²) in [6.45, 7) is 12.1. The van der Waals surface area contributed by atoms with Gasteiger partial charge in [-0.05, 0) is 90.4 Å². The van der Waals surface area contributed by atoms with Crippen molar-refractivity contribution in [2.75, 3.05) is 26.7 Å². The molecule has 6 rings (SSSR count). The van der Waals surface area contributed by atoms with Crippen LogP contribution in [0.2, 0.25) is 0 Å². The van der Waals surface area contributed by atoms with Crippen molar-refractivity contribution < 1.29 is 14.3 Å². The highest BCUT2D eigenvalue weighted by Crippen LogP contribution is 2.48. The highest BCUT2D eigenvalue weighted by atomic mass is 16.6. The van der Waals surface area contributed by atoms with Crippen molar-refractivity contribution in [3.8, 4) is 16.9 Å². The molecule has 1 aliphatic carbocycles. The standard InChI is InChI=1S/C30H40N2O3/c1-19(2)13-20-7-6-8-22(14-20)24-15-23-17-30(3,4)28(25(23)16-26(24)34-5)31-29(33)35-27-18-32-11-9-21(27)10-12-32/h6-8,14-16,19,21,27-28H,9-13,17-18H2,1-5H3,(H,31,33)/t27-,28?/m1/s1. The molecule has 0 aromatic heterocycles. The SMILES string of the molecule is COc1cc2c(cc1-c1cccc(CC(C)C)c1)CC(C)(C)C2NC(=O)O[C@@H]1CN2CCC1CC2. The van der Waals surface area contributed by atoms with Gasteiger partial charge in [0.1, 0.15) is 11.9 Å². The third kappa shape index (κ3) is 4.93. The first-order chi connectivity index (χ1) is 16.7. The van der Waals surface area contributed by atoms with E-state index in [4.69, 9.17) is 9.47 Å². The number of ether oxygens (including phenoxy) is 2. The summed E-state index contributed by atoms with van der Waals surface area (Å²) in [5.74, 6) is 1.96. The first kappa shape index (κ1) is 24.2. The maximum atomic E-state index is 13.0. The third-order valence-electron chi connectivity index (χ3n) is 8.20. The number of carbonyl (C=O) groups is 1. The quantitative estimate of drug-likeness (QED) is 0.555. The van der Waals surface area contributed by atoms with Gasteiger partial charge in [-0.25, -0.2) is 4.79 Å². The fourth-order valence-corrected chi connectivity index (χ4v) is 6.41. The van der Waals surface area contributed by atoms with Crippen molar-refractivity contribution in [1.29, 1.82) is 0 Å². The van der Waals surface area contributed by atoms with Crippen LogP contribution in [0, 0.1) is 17.3 Å². The minimum atomic E-state index is -0.292. The number of nitrogens with one attached hydrogen (secondary N) is 1. The second-order valence-corrected chi connectivity index (χ2v) is 11.9. The number of carbonyl (C=O) groups excluding carboxylic acids is 1. The van der Waals surface area contributed by atoms with Crippen molar-refractivity contribution in [1.82, 2.24) is 10.2 Å². The Balaban J connectivity index is 1.39. The first-order valence-corrected chi connectivity index (χ1v) is 13.2. The molecule has 0 radical (unpaired) electrons. The molecule has 4 aliphatic rings. The number of rotatable bonds is 6. The van der Waals surface area contributed by atoms with E-state index in [0.29, 0.717) is 11.8 Å². The summed E-state index contributed by atoms with van der Waals surface area (Å²) in [5, 5.41) is 3.24. The molecule has 2 aromatic rings. The zero-order valence-corrected chi connectivity index (χ0v) is 21.9. The molecular formula is C30H40N2O3. The summed E-state index contributed by atoms with van der Waals surface area (Å²) < 4.78 is 11.8. The first-order valence-electron chi connectivity index (χ1n) is 13.2. The largest absolute Gasteiger partial charge is 0.496 e. The van der Waals surface area contributed by atoms with Crippen LogP contribution in [-0.4, -0.2) is 43.8 Å². The lowest BCUT2D eigenvalue weighted by molar-refractivity contribution is -0.0349. The molecule has 2 atom stereocenters. The Morgan fingerprint density at radius 1 is 1.17 bits per heavy atom. The Morgan fingerprint density at radius 2 is 1.94 bits per heavy atom. The van der Waals surface area contributed by atoms with E-state index >= 15 is 0 Å². The summed E-state index contributed by atoms with van der Waals surface area (Å²) in [7, 11) is 1.73. The van der Waals surface area contributed by atoms with Crippen LogP contribution in [0.1, 0.15) is 63.3 Å². The minimum Gasteiger partial charge on any atom is -0.496 e. The molecule has 5 nitrogen and oxygen atoms in total. The molecule has 3 saturated heterocycles. The molecule has 0 saturated carbocycles. The van der Waals surface area contributed by atoms with Gasteiger partial charge in [0.15, 0.2) is 0 Å². The van der Waals surface area contributed by atoms with Crippen molar-refractivity contribution in [2.24, 2.45) is 17.3 Å². The molecular weight excluding hydrogens is 436 g/mol. The average Bonchev–Trinajstić information content (AvgIpc) is 3.07. The van der Waals surface area contributed by atoms with Crippen LogP contribution >= 0.6 is 0 Å². The van der Waals surface area contributed by atoms with Gasteiger partial charge in [-0.15, -0.1) is 0 Å². The number of fused-ring (bicyclic) bond motifs is 4. The van der Waals surface area contributed by atoms with Crippen molar-refractivity contribution in [2.45, 2.75) is 65.5 Å². The Kier molecular flexibility index (Phi) is 6.56. The maximum Gasteiger partial charge on any atom is 0.407 e. The molecule has 1 amide bonds. The number of alkyl carbamates (subject to hydrolysis) is 1. The van der Waals surface area contributed by atoms with E-state index in [9.17, 15) is 4.79 Å². The van der Waals surface area contributed by atoms with E-state index in [0.717, 1.165) is 62.2 Å². The van der Waals surface area contributed by atoms with Gasteiger partial charge in [-0.2, -0.15) is 0 Å². The van der Waals surface area contributed by atoms with Gasteiger partial charge in [0, 0.05) is 12.1 Å². The Labute approximate surface area is 210 Å². The lowest BCUT2D eigenvalue weighted by Gasteiger charge is -2.44. The van der Waals surface area contributed by atoms with Crippen molar-refractivity contribution >= 4 is 6.09 Å². The van der Waals surface area contributed by atoms with E-state index in [2.05, 4.69) is 74.3 Å². The van der Waals surface area contributed by atoms with E-state index in [1.54, 1.807) is 7.11 Å². The number of piperidine rings is 3. The molecule has 2 bridgehead atoms. The number of hydrogen-bond donors (Lipinski definition) is 1. The van der Waals surface area contributed by atoms with Gasteiger partial charge < -0.3 is 14.8 Å². The average molecular weight is 477 g/mol.